The van der Waals surface area contributed by atoms with Crippen molar-refractivity contribution in [3.05, 3.63) is 0 Å². The fourth-order valence-corrected chi connectivity index (χ4v) is 1.27. The van der Waals surface area contributed by atoms with Gasteiger partial charge in [0, 0.05) is 18.8 Å². The summed E-state index contributed by atoms with van der Waals surface area (Å²) in [5.74, 6) is 0. The SMILES string of the molecule is CN1CN(CC(O)CO)C([S-])=N1. The predicted octanol–water partition coefficient (Wildman–Crippen LogP) is -1.64. The third kappa shape index (κ3) is 2.20. The molecule has 12 heavy (non-hydrogen) atoms. The molecule has 0 aromatic carbocycles. The Labute approximate surface area is 76.7 Å². The van der Waals surface area contributed by atoms with E-state index in [1.165, 1.54) is 0 Å². The first-order chi connectivity index (χ1) is 5.63. The highest BCUT2D eigenvalue weighted by molar-refractivity contribution is 7.77. The molecule has 0 aromatic heterocycles. The Balaban J connectivity index is 2.40. The minimum absolute atomic E-state index is 0.247. The van der Waals surface area contributed by atoms with Crippen molar-refractivity contribution in [1.29, 1.82) is 0 Å². The van der Waals surface area contributed by atoms with Crippen LogP contribution in [0.1, 0.15) is 0 Å². The summed E-state index contributed by atoms with van der Waals surface area (Å²) in [4.78, 5) is 1.73. The smallest absolute Gasteiger partial charge is 0.106 e. The molecule has 1 aliphatic rings. The van der Waals surface area contributed by atoms with E-state index in [2.05, 4.69) is 5.10 Å². The number of amidine groups is 1. The third-order valence-electron chi connectivity index (χ3n) is 1.54. The predicted molar refractivity (Wildman–Crippen MR) is 47.2 cm³/mol. The van der Waals surface area contributed by atoms with Gasteiger partial charge in [-0.15, -0.1) is 0 Å². The van der Waals surface area contributed by atoms with Gasteiger partial charge in [-0.25, -0.2) is 0 Å². The van der Waals surface area contributed by atoms with Gasteiger partial charge in [0.25, 0.3) is 0 Å². The van der Waals surface area contributed by atoms with E-state index in [-0.39, 0.29) is 6.61 Å². The maximum Gasteiger partial charge on any atom is 0.106 e. The lowest BCUT2D eigenvalue weighted by Crippen LogP contribution is -2.37. The van der Waals surface area contributed by atoms with Gasteiger partial charge >= 0.3 is 0 Å². The summed E-state index contributed by atoms with van der Waals surface area (Å²) < 4.78 is 0. The van der Waals surface area contributed by atoms with Gasteiger partial charge in [0.15, 0.2) is 0 Å². The lowest BCUT2D eigenvalue weighted by atomic mass is 10.3. The van der Waals surface area contributed by atoms with Gasteiger partial charge in [-0.2, -0.15) is 5.10 Å². The number of hydrogen-bond donors (Lipinski definition) is 2. The molecular weight excluding hydrogens is 178 g/mol. The molecule has 6 heteroatoms. The number of aliphatic hydroxyl groups excluding tert-OH is 2. The minimum atomic E-state index is -0.746. The van der Waals surface area contributed by atoms with Gasteiger partial charge in [-0.3, -0.25) is 5.01 Å². The highest BCUT2D eigenvalue weighted by Gasteiger charge is 2.14. The average molecular weight is 190 g/mol. The van der Waals surface area contributed by atoms with Crippen molar-refractivity contribution in [2.75, 3.05) is 26.9 Å². The van der Waals surface area contributed by atoms with Crippen LogP contribution in [0.5, 0.6) is 0 Å². The fraction of sp³-hybridized carbons (Fsp3) is 0.833. The van der Waals surface area contributed by atoms with Crippen molar-refractivity contribution >= 4 is 17.8 Å². The molecule has 0 aromatic rings. The van der Waals surface area contributed by atoms with Crippen LogP contribution in [0.3, 0.4) is 0 Å². The van der Waals surface area contributed by atoms with Crippen molar-refractivity contribution in [3.8, 4) is 0 Å². The monoisotopic (exact) mass is 190 g/mol. The van der Waals surface area contributed by atoms with Crippen molar-refractivity contribution in [3.63, 3.8) is 0 Å². The lowest BCUT2D eigenvalue weighted by molar-refractivity contribution is 0.0722. The Morgan fingerprint density at radius 2 is 2.42 bits per heavy atom. The van der Waals surface area contributed by atoms with Crippen LogP contribution in [0.15, 0.2) is 5.10 Å². The summed E-state index contributed by atoms with van der Waals surface area (Å²) >= 11 is 4.91. The number of hydrazone groups is 1. The standard InChI is InChI=1S/C6H13N3O2S/c1-8-4-9(6(12)7-8)2-5(11)3-10/h5,10-11H,2-4H2,1H3,(H,7,12)/p-1. The van der Waals surface area contributed by atoms with Gasteiger partial charge in [0.1, 0.15) is 6.67 Å². The van der Waals surface area contributed by atoms with E-state index in [0.29, 0.717) is 18.4 Å². The molecule has 1 aliphatic heterocycles. The number of aliphatic hydroxyl groups is 2. The molecule has 0 spiro atoms. The minimum Gasteiger partial charge on any atom is -0.741 e. The lowest BCUT2D eigenvalue weighted by Gasteiger charge is -2.25. The summed E-state index contributed by atoms with van der Waals surface area (Å²) in [5, 5.41) is 23.8. The largest absolute Gasteiger partial charge is 0.741 e. The number of β-amino-alcohol motifs (C(OH)–C–C–N with tert-alkyl or cyclic N) is 1. The summed E-state index contributed by atoms with van der Waals surface area (Å²) in [5.41, 5.74) is 0. The molecule has 1 heterocycles. The van der Waals surface area contributed by atoms with E-state index >= 15 is 0 Å². The molecular formula is C6H12N3O2S-. The van der Waals surface area contributed by atoms with Gasteiger partial charge in [-0.05, 0) is 0 Å². The second kappa shape index (κ2) is 3.88. The Morgan fingerprint density at radius 1 is 1.75 bits per heavy atom. The van der Waals surface area contributed by atoms with Gasteiger partial charge in [0.2, 0.25) is 0 Å². The molecule has 0 saturated carbocycles. The van der Waals surface area contributed by atoms with Crippen LogP contribution in [0.4, 0.5) is 0 Å². The van der Waals surface area contributed by atoms with Crippen LogP contribution in [0, 0.1) is 0 Å². The van der Waals surface area contributed by atoms with Crippen LogP contribution in [0.25, 0.3) is 0 Å². The zero-order chi connectivity index (χ0) is 9.14. The molecule has 0 aliphatic carbocycles. The normalized spacial score (nSPS) is 19.8. The van der Waals surface area contributed by atoms with Crippen molar-refractivity contribution in [2.45, 2.75) is 6.10 Å². The summed E-state index contributed by atoms with van der Waals surface area (Å²) in [6.07, 6.45) is -0.746. The number of hydrogen-bond acceptors (Lipinski definition) is 6. The van der Waals surface area contributed by atoms with Crippen LogP contribution >= 0.6 is 0 Å². The second-order valence-corrected chi connectivity index (χ2v) is 3.11. The average Bonchev–Trinajstić information content (AvgIpc) is 2.30. The van der Waals surface area contributed by atoms with Crippen LogP contribution < -0.4 is 0 Å². The summed E-state index contributed by atoms with van der Waals surface area (Å²) in [6, 6.07) is 0. The van der Waals surface area contributed by atoms with Gasteiger partial charge in [-0.1, -0.05) is 0 Å². The topological polar surface area (TPSA) is 59.3 Å². The maximum atomic E-state index is 9.11. The zero-order valence-electron chi connectivity index (χ0n) is 6.84. The van der Waals surface area contributed by atoms with Gasteiger partial charge in [0.05, 0.1) is 12.7 Å². The van der Waals surface area contributed by atoms with E-state index < -0.39 is 6.10 Å². The summed E-state index contributed by atoms with van der Waals surface area (Å²) in [7, 11) is 1.80. The van der Waals surface area contributed by atoms with E-state index in [0.717, 1.165) is 0 Å². The highest BCUT2D eigenvalue weighted by Crippen LogP contribution is 2.04. The second-order valence-electron chi connectivity index (χ2n) is 2.74. The van der Waals surface area contributed by atoms with E-state index in [9.17, 15) is 0 Å². The molecule has 70 valence electrons. The molecule has 1 unspecified atom stereocenters. The van der Waals surface area contributed by atoms with Crippen molar-refractivity contribution in [1.82, 2.24) is 9.91 Å². The van der Waals surface area contributed by atoms with Crippen LogP contribution in [0.2, 0.25) is 0 Å². The van der Waals surface area contributed by atoms with Crippen molar-refractivity contribution < 1.29 is 10.2 Å². The van der Waals surface area contributed by atoms with E-state index in [1.54, 1.807) is 17.0 Å². The first-order valence-corrected chi connectivity index (χ1v) is 4.05. The Kier molecular flexibility index (Phi) is 3.07. The van der Waals surface area contributed by atoms with E-state index in [4.69, 9.17) is 22.8 Å². The first kappa shape index (κ1) is 9.50. The first-order valence-electron chi connectivity index (χ1n) is 3.64. The molecule has 2 N–H and O–H groups in total. The summed E-state index contributed by atoms with van der Waals surface area (Å²) in [6.45, 7) is 0.669. The molecule has 1 atom stereocenters. The maximum absolute atomic E-state index is 9.11. The fourth-order valence-electron chi connectivity index (χ4n) is 0.996. The number of nitrogens with zero attached hydrogens (tertiary/aromatic N) is 3. The molecule has 0 saturated heterocycles. The molecule has 5 nitrogen and oxygen atoms in total. The molecule has 1 rings (SSSR count). The highest BCUT2D eigenvalue weighted by atomic mass is 32.1. The zero-order valence-corrected chi connectivity index (χ0v) is 7.66. The molecule has 0 amide bonds. The Bertz CT molecular complexity index is 188. The van der Waals surface area contributed by atoms with Gasteiger partial charge < -0.3 is 27.7 Å². The van der Waals surface area contributed by atoms with E-state index in [1.807, 2.05) is 0 Å². The third-order valence-corrected chi connectivity index (χ3v) is 1.88. The Hall–Kier alpha value is -0.590. The quantitative estimate of drug-likeness (QED) is 0.523. The molecule has 0 fully saturated rings. The Morgan fingerprint density at radius 3 is 2.83 bits per heavy atom. The van der Waals surface area contributed by atoms with Crippen LogP contribution in [-0.2, 0) is 12.6 Å². The van der Waals surface area contributed by atoms with Crippen LogP contribution in [-0.4, -0.2) is 58.3 Å². The van der Waals surface area contributed by atoms with Crippen molar-refractivity contribution in [2.24, 2.45) is 5.10 Å². The number of rotatable bonds is 3. The molecule has 0 bridgehead atoms. The molecule has 0 radical (unpaired) electrons.